The average Bonchev–Trinajstić information content (AvgIpc) is 3.18. The molecule has 9 heteroatoms. The lowest BCUT2D eigenvalue weighted by Crippen LogP contribution is -2.55. The first-order chi connectivity index (χ1) is 17.2. The van der Waals surface area contributed by atoms with Gasteiger partial charge in [0.05, 0.1) is 27.4 Å². The number of allylic oxidation sites excluding steroid dienone is 1. The van der Waals surface area contributed by atoms with E-state index in [2.05, 4.69) is 10.2 Å². The van der Waals surface area contributed by atoms with Crippen LogP contribution in [0.25, 0.3) is 0 Å². The lowest BCUT2D eigenvalue weighted by atomic mass is 9.74. The second-order valence-corrected chi connectivity index (χ2v) is 9.62. The topological polar surface area (TPSA) is 86.3 Å². The average molecular weight is 515 g/mol. The molecule has 2 aromatic rings. The van der Waals surface area contributed by atoms with E-state index < -0.39 is 23.1 Å². The highest BCUT2D eigenvalue weighted by Gasteiger charge is 2.60. The lowest BCUT2D eigenvalue weighted by Gasteiger charge is -2.36. The van der Waals surface area contributed by atoms with Crippen LogP contribution < -0.4 is 24.3 Å². The molecule has 3 atom stereocenters. The van der Waals surface area contributed by atoms with Crippen molar-refractivity contribution in [3.63, 3.8) is 0 Å². The van der Waals surface area contributed by atoms with Gasteiger partial charge in [-0.2, -0.15) is 0 Å². The van der Waals surface area contributed by atoms with Crippen LogP contribution in [0.5, 0.6) is 23.0 Å². The normalized spacial score (nSPS) is 21.7. The number of halogens is 1. The number of likely N-dealkylation sites (N-methyl/N-ethyl adjacent to an activating group) is 1. The summed E-state index contributed by atoms with van der Waals surface area (Å²) in [7, 11) is 8.55. The molecule has 1 N–H and O–H groups in total. The van der Waals surface area contributed by atoms with E-state index in [-0.39, 0.29) is 28.1 Å². The number of carbonyl (C=O) groups is 2. The van der Waals surface area contributed by atoms with E-state index in [0.29, 0.717) is 18.7 Å². The minimum Gasteiger partial charge on any atom is -0.497 e. The Morgan fingerprint density at radius 2 is 1.78 bits per heavy atom. The zero-order valence-corrected chi connectivity index (χ0v) is 22.1. The fourth-order valence-corrected chi connectivity index (χ4v) is 5.17. The van der Waals surface area contributed by atoms with Crippen molar-refractivity contribution in [2.24, 2.45) is 5.92 Å². The number of ketones is 2. The summed E-state index contributed by atoms with van der Waals surface area (Å²) >= 11 is 6.46. The van der Waals surface area contributed by atoms with Gasteiger partial charge in [-0.3, -0.25) is 9.59 Å². The summed E-state index contributed by atoms with van der Waals surface area (Å²) in [5.74, 6) is 0.163. The highest BCUT2D eigenvalue weighted by molar-refractivity contribution is 6.36. The number of nitrogens with zero attached hydrogens (tertiary/aromatic N) is 1. The molecule has 0 bridgehead atoms. The van der Waals surface area contributed by atoms with Crippen LogP contribution in [0.1, 0.15) is 35.3 Å². The molecule has 1 spiro atoms. The van der Waals surface area contributed by atoms with Gasteiger partial charge in [0, 0.05) is 30.3 Å². The summed E-state index contributed by atoms with van der Waals surface area (Å²) in [4.78, 5) is 29.2. The molecule has 4 rings (SSSR count). The van der Waals surface area contributed by atoms with Crippen LogP contribution in [0.15, 0.2) is 42.1 Å². The van der Waals surface area contributed by atoms with Gasteiger partial charge in [-0.15, -0.1) is 0 Å². The zero-order chi connectivity index (χ0) is 26.2. The zero-order valence-electron chi connectivity index (χ0n) is 21.3. The number of rotatable bonds is 8. The number of hydrogen-bond donors (Lipinski definition) is 1. The number of Topliss-reactive ketones (excluding diaryl/α,β-unsaturated/α-hetero) is 1. The van der Waals surface area contributed by atoms with E-state index >= 15 is 0 Å². The predicted octanol–water partition coefficient (Wildman–Crippen LogP) is 4.07. The minimum atomic E-state index is -1.69. The molecule has 36 heavy (non-hydrogen) atoms. The maximum atomic E-state index is 13.6. The molecular formula is C27H31ClN2O6. The van der Waals surface area contributed by atoms with Gasteiger partial charge in [0.15, 0.2) is 5.75 Å². The van der Waals surface area contributed by atoms with Crippen molar-refractivity contribution in [2.75, 3.05) is 42.0 Å². The largest absolute Gasteiger partial charge is 0.497 e. The molecule has 1 aliphatic heterocycles. The smallest absolute Gasteiger partial charge is 0.236 e. The number of ether oxygens (including phenoxy) is 4. The van der Waals surface area contributed by atoms with E-state index in [9.17, 15) is 9.59 Å². The van der Waals surface area contributed by atoms with E-state index in [1.165, 1.54) is 26.4 Å². The third kappa shape index (κ3) is 4.18. The third-order valence-electron chi connectivity index (χ3n) is 6.96. The van der Waals surface area contributed by atoms with Crippen LogP contribution in [-0.4, -0.2) is 64.0 Å². The molecule has 2 aliphatic rings. The molecule has 1 aliphatic carbocycles. The second-order valence-electron chi connectivity index (χ2n) is 9.24. The highest BCUT2D eigenvalue weighted by atomic mass is 35.5. The monoisotopic (exact) mass is 514 g/mol. The summed E-state index contributed by atoms with van der Waals surface area (Å²) in [5.41, 5.74) is 0.344. The van der Waals surface area contributed by atoms with Crippen molar-refractivity contribution in [3.05, 3.63) is 58.3 Å². The van der Waals surface area contributed by atoms with Gasteiger partial charge < -0.3 is 29.2 Å². The van der Waals surface area contributed by atoms with Crippen molar-refractivity contribution in [2.45, 2.75) is 25.0 Å². The predicted molar refractivity (Wildman–Crippen MR) is 137 cm³/mol. The lowest BCUT2D eigenvalue weighted by molar-refractivity contribution is -0.129. The summed E-state index contributed by atoms with van der Waals surface area (Å²) < 4.78 is 22.1. The van der Waals surface area contributed by atoms with Crippen molar-refractivity contribution in [3.8, 4) is 23.0 Å². The van der Waals surface area contributed by atoms with E-state index in [0.717, 1.165) is 17.0 Å². The van der Waals surface area contributed by atoms with Crippen LogP contribution in [-0.2, 0) is 4.79 Å². The Bertz CT molecular complexity index is 1210. The molecule has 0 saturated carbocycles. The molecule has 0 radical (unpaired) electrons. The summed E-state index contributed by atoms with van der Waals surface area (Å²) in [6, 6.07) is 9.49. The molecule has 2 aromatic carbocycles. The molecular weight excluding hydrogens is 484 g/mol. The number of hydrogen-bond acceptors (Lipinski definition) is 8. The number of fused-ring (bicyclic) bond motifs is 1. The van der Waals surface area contributed by atoms with Gasteiger partial charge in [-0.25, -0.2) is 0 Å². The molecule has 0 aromatic heterocycles. The third-order valence-corrected chi connectivity index (χ3v) is 7.31. The molecule has 0 saturated heterocycles. The fourth-order valence-electron chi connectivity index (χ4n) is 4.90. The van der Waals surface area contributed by atoms with Crippen LogP contribution >= 0.6 is 11.6 Å². The standard InChI is InChI=1S/C27H31ClN2O6/c1-15-11-17(29-14-19(30(2)3)16-7-9-18(33-4)10-8-16)12-22(31)27(15)26(32)23-20(34-5)13-21(35-6)24(28)25(23)36-27/h7-10,12-13,15,19,29H,11,14H2,1-6H3/t15-,19-,27+/m1/s1. The van der Waals surface area contributed by atoms with E-state index in [4.69, 9.17) is 30.5 Å². The molecule has 0 unspecified atom stereocenters. The Morgan fingerprint density at radius 3 is 2.33 bits per heavy atom. The van der Waals surface area contributed by atoms with Gasteiger partial charge in [0.1, 0.15) is 27.8 Å². The number of nitrogens with one attached hydrogen (secondary N) is 1. The minimum absolute atomic E-state index is 0.0576. The van der Waals surface area contributed by atoms with Crippen LogP contribution in [0.4, 0.5) is 0 Å². The Kier molecular flexibility index (Phi) is 7.20. The number of methoxy groups -OCH3 is 3. The van der Waals surface area contributed by atoms with Gasteiger partial charge in [-0.05, 0) is 38.2 Å². The van der Waals surface area contributed by atoms with Gasteiger partial charge in [0.25, 0.3) is 0 Å². The van der Waals surface area contributed by atoms with Crippen molar-refractivity contribution in [1.82, 2.24) is 10.2 Å². The van der Waals surface area contributed by atoms with Crippen molar-refractivity contribution < 1.29 is 28.5 Å². The molecule has 8 nitrogen and oxygen atoms in total. The van der Waals surface area contributed by atoms with E-state index in [1.54, 1.807) is 7.11 Å². The van der Waals surface area contributed by atoms with Crippen molar-refractivity contribution >= 4 is 23.2 Å². The quantitative estimate of drug-likeness (QED) is 0.528. The summed E-state index contributed by atoms with van der Waals surface area (Å²) in [6.07, 6.45) is 1.92. The number of benzene rings is 2. The van der Waals surface area contributed by atoms with Gasteiger partial charge in [0.2, 0.25) is 17.2 Å². The van der Waals surface area contributed by atoms with Crippen molar-refractivity contribution in [1.29, 1.82) is 0 Å². The Labute approximate surface area is 216 Å². The van der Waals surface area contributed by atoms with Crippen LogP contribution in [0, 0.1) is 5.92 Å². The SMILES string of the molecule is COc1ccc([C@@H](CNC2=CC(=O)[C@@]3(Oc4c(Cl)c(OC)cc(OC)c4C3=O)[C@H](C)C2)N(C)C)cc1. The molecule has 0 fully saturated rings. The van der Waals surface area contributed by atoms with Gasteiger partial charge in [-0.1, -0.05) is 30.7 Å². The highest BCUT2D eigenvalue weighted by Crippen LogP contribution is 2.52. The summed E-state index contributed by atoms with van der Waals surface area (Å²) in [6.45, 7) is 2.41. The summed E-state index contributed by atoms with van der Waals surface area (Å²) in [5, 5.41) is 3.55. The Morgan fingerprint density at radius 1 is 1.11 bits per heavy atom. The molecule has 0 amide bonds. The first-order valence-corrected chi connectivity index (χ1v) is 12.0. The van der Waals surface area contributed by atoms with Crippen LogP contribution in [0.3, 0.4) is 0 Å². The number of carbonyl (C=O) groups excluding carboxylic acids is 2. The van der Waals surface area contributed by atoms with Gasteiger partial charge >= 0.3 is 0 Å². The van der Waals surface area contributed by atoms with Crippen LogP contribution in [0.2, 0.25) is 5.02 Å². The molecule has 192 valence electrons. The Hall–Kier alpha value is -3.23. The molecule has 1 heterocycles. The maximum absolute atomic E-state index is 13.6. The Balaban J connectivity index is 1.58. The second kappa shape index (κ2) is 10.0. The maximum Gasteiger partial charge on any atom is 0.236 e. The fraction of sp³-hybridized carbons (Fsp3) is 0.407. The first-order valence-electron chi connectivity index (χ1n) is 11.6. The van der Waals surface area contributed by atoms with E-state index in [1.807, 2.05) is 45.3 Å². The first kappa shape index (κ1) is 25.9.